The number of unbranched alkanes of at least 4 members (excludes halogenated alkanes) is 1. The maximum Gasteiger partial charge on any atom is 0.313 e. The van der Waals surface area contributed by atoms with Gasteiger partial charge in [0.15, 0.2) is 5.16 Å². The van der Waals surface area contributed by atoms with Crippen LogP contribution in [0.3, 0.4) is 0 Å². The normalized spacial score (nSPS) is 12.6. The summed E-state index contributed by atoms with van der Waals surface area (Å²) in [6.45, 7) is 7.18. The Morgan fingerprint density at radius 3 is 2.63 bits per heavy atom. The van der Waals surface area contributed by atoms with E-state index in [-0.39, 0.29) is 5.75 Å². The summed E-state index contributed by atoms with van der Waals surface area (Å²) in [5, 5.41) is 17.9. The number of rotatable bonds is 9. The highest BCUT2D eigenvalue weighted by Gasteiger charge is 2.19. The second kappa shape index (κ2) is 8.19. The third kappa shape index (κ3) is 4.53. The molecule has 0 bridgehead atoms. The molecule has 0 aliphatic heterocycles. The van der Waals surface area contributed by atoms with Gasteiger partial charge < -0.3 is 9.67 Å². The fourth-order valence-corrected chi connectivity index (χ4v) is 2.83. The van der Waals surface area contributed by atoms with Crippen LogP contribution in [0.4, 0.5) is 0 Å². The summed E-state index contributed by atoms with van der Waals surface area (Å²) in [7, 11) is 0. The highest BCUT2D eigenvalue weighted by molar-refractivity contribution is 7.99. The molecule has 1 rings (SSSR count). The molecule has 6 heteroatoms. The molecule has 19 heavy (non-hydrogen) atoms. The highest BCUT2D eigenvalue weighted by Crippen LogP contribution is 2.27. The van der Waals surface area contributed by atoms with Crippen molar-refractivity contribution in [1.29, 1.82) is 0 Å². The average Bonchev–Trinajstić information content (AvgIpc) is 2.80. The second-order valence-electron chi connectivity index (χ2n) is 4.51. The lowest BCUT2D eigenvalue weighted by Gasteiger charge is -2.15. The number of hydrogen-bond acceptors (Lipinski definition) is 4. The van der Waals surface area contributed by atoms with E-state index in [0.717, 1.165) is 30.4 Å². The van der Waals surface area contributed by atoms with Crippen molar-refractivity contribution in [1.82, 2.24) is 14.8 Å². The van der Waals surface area contributed by atoms with Gasteiger partial charge in [-0.15, -0.1) is 10.2 Å². The Hall–Kier alpha value is -1.04. The number of aromatic nitrogens is 3. The number of carbonyl (C=O) groups is 1. The van der Waals surface area contributed by atoms with E-state index < -0.39 is 5.97 Å². The summed E-state index contributed by atoms with van der Waals surface area (Å²) < 4.78 is 2.05. The van der Waals surface area contributed by atoms with Crippen molar-refractivity contribution in [2.24, 2.45) is 0 Å². The zero-order valence-corrected chi connectivity index (χ0v) is 12.7. The van der Waals surface area contributed by atoms with E-state index >= 15 is 0 Å². The first-order valence-corrected chi connectivity index (χ1v) is 7.90. The molecule has 0 saturated carbocycles. The number of thioether (sulfide) groups is 1. The Balaban J connectivity index is 2.85. The Bertz CT molecular complexity index is 407. The molecule has 5 nitrogen and oxygen atoms in total. The van der Waals surface area contributed by atoms with Crippen LogP contribution in [0.15, 0.2) is 5.16 Å². The van der Waals surface area contributed by atoms with Crippen molar-refractivity contribution >= 4 is 17.7 Å². The maximum atomic E-state index is 10.6. The molecule has 0 aliphatic rings. The summed E-state index contributed by atoms with van der Waals surface area (Å²) in [6.07, 6.45) is 4.53. The molecule has 0 aliphatic carbocycles. The fourth-order valence-electron chi connectivity index (χ4n) is 2.10. The minimum absolute atomic E-state index is 0.0316. The first-order chi connectivity index (χ1) is 9.13. The number of nitrogens with zero attached hydrogens (tertiary/aromatic N) is 3. The van der Waals surface area contributed by atoms with Gasteiger partial charge in [-0.1, -0.05) is 38.5 Å². The first-order valence-electron chi connectivity index (χ1n) is 6.91. The van der Waals surface area contributed by atoms with Crippen LogP contribution < -0.4 is 0 Å². The Kier molecular flexibility index (Phi) is 6.91. The molecule has 1 unspecified atom stereocenters. The van der Waals surface area contributed by atoms with Gasteiger partial charge in [0.2, 0.25) is 0 Å². The average molecular weight is 285 g/mol. The summed E-state index contributed by atoms with van der Waals surface area (Å²) in [5.74, 6) is 0.636. The molecule has 1 atom stereocenters. The van der Waals surface area contributed by atoms with Crippen LogP contribution in [0, 0.1) is 0 Å². The SMILES string of the molecule is CCCCC(CC)c1nnc(SCC(=O)O)n1CC. The number of carboxylic acid groups (broad SMARTS) is 1. The third-order valence-corrected chi connectivity index (χ3v) is 4.10. The quantitative estimate of drug-likeness (QED) is 0.706. The molecule has 1 heterocycles. The molecule has 108 valence electrons. The third-order valence-electron chi connectivity index (χ3n) is 3.15. The molecule has 1 N–H and O–H groups in total. The molecular formula is C13H23N3O2S. The lowest BCUT2D eigenvalue weighted by molar-refractivity contribution is -0.133. The second-order valence-corrected chi connectivity index (χ2v) is 5.46. The zero-order valence-electron chi connectivity index (χ0n) is 11.9. The molecule has 1 aromatic heterocycles. The summed E-state index contributed by atoms with van der Waals surface area (Å²) >= 11 is 1.24. The van der Waals surface area contributed by atoms with Crippen LogP contribution in [0.25, 0.3) is 0 Å². The van der Waals surface area contributed by atoms with E-state index in [0.29, 0.717) is 5.92 Å². The fraction of sp³-hybridized carbons (Fsp3) is 0.769. The van der Waals surface area contributed by atoms with Crippen molar-refractivity contribution in [3.8, 4) is 0 Å². The molecule has 0 fully saturated rings. The minimum atomic E-state index is -0.824. The molecule has 0 spiro atoms. The lowest BCUT2D eigenvalue weighted by Crippen LogP contribution is -2.09. The van der Waals surface area contributed by atoms with Gasteiger partial charge in [-0.05, 0) is 19.8 Å². The van der Waals surface area contributed by atoms with Crippen molar-refractivity contribution in [2.45, 2.75) is 64.1 Å². The van der Waals surface area contributed by atoms with Crippen LogP contribution >= 0.6 is 11.8 Å². The summed E-state index contributed by atoms with van der Waals surface area (Å²) in [6, 6.07) is 0. The Morgan fingerprint density at radius 2 is 2.11 bits per heavy atom. The smallest absolute Gasteiger partial charge is 0.313 e. The van der Waals surface area contributed by atoms with E-state index in [1.807, 2.05) is 6.92 Å². The highest BCUT2D eigenvalue weighted by atomic mass is 32.2. The zero-order chi connectivity index (χ0) is 14.3. The topological polar surface area (TPSA) is 68.0 Å². The number of aliphatic carboxylic acids is 1. The van der Waals surface area contributed by atoms with E-state index in [9.17, 15) is 4.79 Å². The summed E-state index contributed by atoms with van der Waals surface area (Å²) in [4.78, 5) is 10.6. The molecule has 0 saturated heterocycles. The largest absolute Gasteiger partial charge is 0.481 e. The number of carboxylic acids is 1. The van der Waals surface area contributed by atoms with Gasteiger partial charge in [0.05, 0.1) is 5.75 Å². The van der Waals surface area contributed by atoms with Gasteiger partial charge in [0, 0.05) is 12.5 Å². The van der Waals surface area contributed by atoms with Gasteiger partial charge in [0.1, 0.15) is 5.82 Å². The van der Waals surface area contributed by atoms with Gasteiger partial charge in [-0.3, -0.25) is 4.79 Å². The maximum absolute atomic E-state index is 10.6. The van der Waals surface area contributed by atoms with E-state index in [4.69, 9.17) is 5.11 Å². The molecular weight excluding hydrogens is 262 g/mol. The van der Waals surface area contributed by atoms with Crippen LogP contribution in [-0.4, -0.2) is 31.6 Å². The molecule has 0 amide bonds. The van der Waals surface area contributed by atoms with Gasteiger partial charge >= 0.3 is 5.97 Å². The van der Waals surface area contributed by atoms with E-state index in [1.54, 1.807) is 0 Å². The van der Waals surface area contributed by atoms with Crippen molar-refractivity contribution in [2.75, 3.05) is 5.75 Å². The van der Waals surface area contributed by atoms with Gasteiger partial charge in [-0.2, -0.15) is 0 Å². The van der Waals surface area contributed by atoms with E-state index in [1.165, 1.54) is 24.6 Å². The monoisotopic (exact) mass is 285 g/mol. The predicted octanol–water partition coefficient (Wildman–Crippen LogP) is 3.16. The van der Waals surface area contributed by atoms with Crippen LogP contribution in [0.5, 0.6) is 0 Å². The lowest BCUT2D eigenvalue weighted by atomic mass is 9.98. The van der Waals surface area contributed by atoms with Crippen LogP contribution in [-0.2, 0) is 11.3 Å². The van der Waals surface area contributed by atoms with Gasteiger partial charge in [-0.25, -0.2) is 0 Å². The molecule has 0 radical (unpaired) electrons. The Morgan fingerprint density at radius 1 is 1.37 bits per heavy atom. The minimum Gasteiger partial charge on any atom is -0.481 e. The standard InChI is InChI=1S/C13H23N3O2S/c1-4-7-8-10(5-2)12-14-15-13(16(12)6-3)19-9-11(17)18/h10H,4-9H2,1-3H3,(H,17,18). The van der Waals surface area contributed by atoms with Crippen LogP contribution in [0.2, 0.25) is 0 Å². The molecule has 0 aromatic carbocycles. The number of hydrogen-bond donors (Lipinski definition) is 1. The van der Waals surface area contributed by atoms with Crippen LogP contribution in [0.1, 0.15) is 58.2 Å². The van der Waals surface area contributed by atoms with Crippen molar-refractivity contribution in [3.05, 3.63) is 5.82 Å². The first kappa shape index (κ1) is 16.0. The van der Waals surface area contributed by atoms with Gasteiger partial charge in [0.25, 0.3) is 0 Å². The Labute approximate surface area is 118 Å². The predicted molar refractivity (Wildman–Crippen MR) is 76.6 cm³/mol. The van der Waals surface area contributed by atoms with E-state index in [2.05, 4.69) is 28.6 Å². The summed E-state index contributed by atoms with van der Waals surface area (Å²) in [5.41, 5.74) is 0. The van der Waals surface area contributed by atoms with Crippen molar-refractivity contribution in [3.63, 3.8) is 0 Å². The molecule has 1 aromatic rings. The van der Waals surface area contributed by atoms with Crippen molar-refractivity contribution < 1.29 is 9.90 Å².